The molecule has 0 aliphatic carbocycles. The van der Waals surface area contributed by atoms with Gasteiger partial charge in [-0.05, 0) is 41.5 Å². The van der Waals surface area contributed by atoms with E-state index in [0.717, 1.165) is 5.56 Å². The maximum atomic E-state index is 13.7. The number of hydrogen-bond acceptors (Lipinski definition) is 9. The second kappa shape index (κ2) is 13.8. The molecule has 1 amide bonds. The molecule has 0 spiro atoms. The van der Waals surface area contributed by atoms with Gasteiger partial charge in [-0.25, -0.2) is 18.0 Å². The molecule has 12 nitrogen and oxygen atoms in total. The van der Waals surface area contributed by atoms with Gasteiger partial charge in [0.05, 0.1) is 35.5 Å². The van der Waals surface area contributed by atoms with Gasteiger partial charge in [-0.2, -0.15) is 9.57 Å². The molecular weight excluding hydrogens is 602 g/mol. The molecule has 45 heavy (non-hydrogen) atoms. The van der Waals surface area contributed by atoms with Crippen LogP contribution in [0.5, 0.6) is 5.75 Å². The number of nitriles is 1. The van der Waals surface area contributed by atoms with Crippen molar-refractivity contribution in [2.24, 2.45) is 5.92 Å². The Morgan fingerprint density at radius 2 is 1.67 bits per heavy atom. The first-order valence-electron chi connectivity index (χ1n) is 14.1. The summed E-state index contributed by atoms with van der Waals surface area (Å²) in [6.45, 7) is 4.52. The summed E-state index contributed by atoms with van der Waals surface area (Å²) in [5, 5.41) is 21.2. The molecule has 0 aromatic heterocycles. The Kier molecular flexibility index (Phi) is 10.1. The van der Waals surface area contributed by atoms with Crippen LogP contribution in [0.1, 0.15) is 37.5 Å². The van der Waals surface area contributed by atoms with E-state index in [2.05, 4.69) is 11.4 Å². The molecule has 1 heterocycles. The lowest BCUT2D eigenvalue weighted by atomic mass is 9.87. The number of amides is 1. The summed E-state index contributed by atoms with van der Waals surface area (Å²) in [7, 11) is -4.03. The van der Waals surface area contributed by atoms with Gasteiger partial charge in [0.2, 0.25) is 16.3 Å². The van der Waals surface area contributed by atoms with E-state index in [0.29, 0.717) is 16.9 Å². The van der Waals surface area contributed by atoms with Crippen LogP contribution in [0.25, 0.3) is 0 Å². The fourth-order valence-electron chi connectivity index (χ4n) is 4.66. The number of nitrogens with one attached hydrogen (secondary N) is 1. The van der Waals surface area contributed by atoms with Crippen molar-refractivity contribution >= 4 is 28.1 Å². The van der Waals surface area contributed by atoms with E-state index in [9.17, 15) is 33.2 Å². The van der Waals surface area contributed by atoms with Gasteiger partial charge in [0, 0.05) is 13.3 Å². The summed E-state index contributed by atoms with van der Waals surface area (Å²) in [5.74, 6) is -1.99. The number of hydrogen-bond donors (Lipinski definition) is 2. The maximum absolute atomic E-state index is 13.7. The molecule has 3 aromatic carbocycles. The summed E-state index contributed by atoms with van der Waals surface area (Å²) in [4.78, 5) is 35.9. The van der Waals surface area contributed by atoms with Gasteiger partial charge < -0.3 is 24.6 Å². The second-order valence-corrected chi connectivity index (χ2v) is 12.8. The Balaban J connectivity index is 1.47. The molecule has 4 rings (SSSR count). The molecule has 1 aliphatic rings. The Hall–Kier alpha value is -4.93. The normalized spacial score (nSPS) is 15.5. The first kappa shape index (κ1) is 33.0. The van der Waals surface area contributed by atoms with Crippen molar-refractivity contribution in [3.63, 3.8) is 0 Å². The third kappa shape index (κ3) is 7.97. The van der Waals surface area contributed by atoms with Crippen LogP contribution in [-0.4, -0.2) is 61.3 Å². The number of nitrogens with zero attached hydrogens (tertiary/aromatic N) is 2. The van der Waals surface area contributed by atoms with Crippen molar-refractivity contribution in [2.45, 2.75) is 50.0 Å². The lowest BCUT2D eigenvalue weighted by molar-refractivity contribution is -0.169. The van der Waals surface area contributed by atoms with Crippen molar-refractivity contribution in [2.75, 3.05) is 13.1 Å². The third-order valence-corrected chi connectivity index (χ3v) is 8.82. The number of sulfonamides is 1. The zero-order valence-corrected chi connectivity index (χ0v) is 25.7. The second-order valence-electron chi connectivity index (χ2n) is 10.8. The standard InChI is InChI=1S/C32H33N3O9S/c1-21(2)30(38)42-22(3)43-31(39)34-28(29(36)37)17-23-9-8-14-27(16-23)45(40,41)35-19-32(20-35,25-11-5-4-6-12-25)44-26-13-7-10-24(15-26)18-33/h4-16,21-22,28H,17,19-20H2,1-3H3,(H,34,39)(H,36,37). The molecule has 1 fully saturated rings. The van der Waals surface area contributed by atoms with E-state index in [-0.39, 0.29) is 24.4 Å². The molecule has 0 bridgehead atoms. The molecule has 3 aromatic rings. The number of carboxylic acids is 1. The van der Waals surface area contributed by atoms with E-state index in [1.165, 1.54) is 29.4 Å². The van der Waals surface area contributed by atoms with E-state index in [1.54, 1.807) is 44.2 Å². The predicted molar refractivity (Wildman–Crippen MR) is 160 cm³/mol. The summed E-state index contributed by atoms with van der Waals surface area (Å²) in [6, 6.07) is 22.2. The molecule has 13 heteroatoms. The van der Waals surface area contributed by atoms with Crippen molar-refractivity contribution in [3.05, 3.63) is 95.6 Å². The number of carboxylic acid groups (broad SMARTS) is 1. The van der Waals surface area contributed by atoms with Gasteiger partial charge >= 0.3 is 18.0 Å². The van der Waals surface area contributed by atoms with Gasteiger partial charge in [0.1, 0.15) is 11.8 Å². The minimum Gasteiger partial charge on any atom is -0.480 e. The van der Waals surface area contributed by atoms with Crippen LogP contribution in [-0.2, 0) is 41.1 Å². The number of alkyl carbamates (subject to hydrolysis) is 1. The lowest BCUT2D eigenvalue weighted by Crippen LogP contribution is -2.64. The predicted octanol–water partition coefficient (Wildman–Crippen LogP) is 3.80. The number of benzene rings is 3. The first-order valence-corrected chi connectivity index (χ1v) is 15.5. The quantitative estimate of drug-likeness (QED) is 0.220. The average Bonchev–Trinajstić information content (AvgIpc) is 2.98. The summed E-state index contributed by atoms with van der Waals surface area (Å²) < 4.78 is 44.8. The van der Waals surface area contributed by atoms with Crippen LogP contribution in [0.2, 0.25) is 0 Å². The minimum atomic E-state index is -4.03. The largest absolute Gasteiger partial charge is 0.480 e. The van der Waals surface area contributed by atoms with Crippen molar-refractivity contribution in [1.82, 2.24) is 9.62 Å². The number of rotatable bonds is 12. The van der Waals surface area contributed by atoms with Crippen LogP contribution in [0.4, 0.5) is 4.79 Å². The molecule has 2 unspecified atom stereocenters. The summed E-state index contributed by atoms with van der Waals surface area (Å²) >= 11 is 0. The third-order valence-electron chi connectivity index (χ3n) is 7.03. The van der Waals surface area contributed by atoms with Crippen LogP contribution in [0.15, 0.2) is 83.8 Å². The highest BCUT2D eigenvalue weighted by Crippen LogP contribution is 2.40. The Labute approximate surface area is 261 Å². The highest BCUT2D eigenvalue weighted by atomic mass is 32.2. The number of esters is 1. The lowest BCUT2D eigenvalue weighted by Gasteiger charge is -2.48. The average molecular weight is 636 g/mol. The molecule has 1 aliphatic heterocycles. The SMILES string of the molecule is CC(OC(=O)NC(Cc1cccc(S(=O)(=O)N2CC(Oc3cccc(C#N)c3)(c3ccccc3)C2)c1)C(=O)O)OC(=O)C(C)C. The van der Waals surface area contributed by atoms with Crippen LogP contribution < -0.4 is 10.1 Å². The first-order chi connectivity index (χ1) is 21.3. The topological polar surface area (TPSA) is 172 Å². The Morgan fingerprint density at radius 1 is 0.978 bits per heavy atom. The molecule has 2 N–H and O–H groups in total. The number of ether oxygens (including phenoxy) is 3. The van der Waals surface area contributed by atoms with Crippen molar-refractivity contribution in [1.29, 1.82) is 5.26 Å². The zero-order valence-electron chi connectivity index (χ0n) is 24.9. The van der Waals surface area contributed by atoms with E-state index in [4.69, 9.17) is 14.2 Å². The Morgan fingerprint density at radius 3 is 2.31 bits per heavy atom. The Bertz CT molecular complexity index is 1700. The monoisotopic (exact) mass is 635 g/mol. The van der Waals surface area contributed by atoms with Gasteiger partial charge in [-0.3, -0.25) is 4.79 Å². The van der Waals surface area contributed by atoms with Crippen LogP contribution >= 0.6 is 0 Å². The van der Waals surface area contributed by atoms with Gasteiger partial charge in [0.25, 0.3) is 0 Å². The van der Waals surface area contributed by atoms with Gasteiger partial charge in [0.15, 0.2) is 5.60 Å². The van der Waals surface area contributed by atoms with Crippen molar-refractivity contribution < 1.29 is 42.1 Å². The highest BCUT2D eigenvalue weighted by Gasteiger charge is 2.52. The van der Waals surface area contributed by atoms with E-state index >= 15 is 0 Å². The fourth-order valence-corrected chi connectivity index (χ4v) is 6.27. The molecule has 1 saturated heterocycles. The zero-order chi connectivity index (χ0) is 32.8. The van der Waals surface area contributed by atoms with E-state index < -0.39 is 51.9 Å². The van der Waals surface area contributed by atoms with Crippen LogP contribution in [0, 0.1) is 17.2 Å². The molecule has 0 radical (unpaired) electrons. The number of carbonyl (C=O) groups is 3. The van der Waals surface area contributed by atoms with Crippen LogP contribution in [0.3, 0.4) is 0 Å². The highest BCUT2D eigenvalue weighted by molar-refractivity contribution is 7.89. The molecule has 2 atom stereocenters. The molecule has 236 valence electrons. The molecule has 0 saturated carbocycles. The maximum Gasteiger partial charge on any atom is 0.410 e. The molecular formula is C32H33N3O9S. The number of carbonyl (C=O) groups excluding carboxylic acids is 2. The smallest absolute Gasteiger partial charge is 0.410 e. The van der Waals surface area contributed by atoms with Gasteiger partial charge in [-0.15, -0.1) is 0 Å². The fraction of sp³-hybridized carbons (Fsp3) is 0.312. The minimum absolute atomic E-state index is 0.00886. The summed E-state index contributed by atoms with van der Waals surface area (Å²) in [5.41, 5.74) is 0.507. The number of aliphatic carboxylic acids is 1. The van der Waals surface area contributed by atoms with Gasteiger partial charge in [-0.1, -0.05) is 62.4 Å². The van der Waals surface area contributed by atoms with Crippen molar-refractivity contribution in [3.8, 4) is 11.8 Å². The summed E-state index contributed by atoms with van der Waals surface area (Å²) in [6.07, 6.45) is -2.62. The van der Waals surface area contributed by atoms with E-state index in [1.807, 2.05) is 30.3 Å².